The predicted octanol–water partition coefficient (Wildman–Crippen LogP) is 0.425. The average molecular weight is 138 g/mol. The third-order valence-corrected chi connectivity index (χ3v) is 2.51. The van der Waals surface area contributed by atoms with Crippen LogP contribution in [0.25, 0.3) is 0 Å². The zero-order chi connectivity index (χ0) is 6.97. The van der Waals surface area contributed by atoms with E-state index in [1.807, 2.05) is 0 Å². The van der Waals surface area contributed by atoms with E-state index in [-0.39, 0.29) is 0 Å². The quantitative estimate of drug-likeness (QED) is 0.565. The highest BCUT2D eigenvalue weighted by Crippen LogP contribution is 2.24. The van der Waals surface area contributed by atoms with Gasteiger partial charge in [-0.1, -0.05) is 6.92 Å². The lowest BCUT2D eigenvalue weighted by Crippen LogP contribution is -2.23. The molecule has 2 rings (SSSR count). The third-order valence-electron chi connectivity index (χ3n) is 2.51. The van der Waals surface area contributed by atoms with Gasteiger partial charge in [-0.3, -0.25) is 4.90 Å². The Morgan fingerprint density at radius 2 is 2.70 bits per heavy atom. The van der Waals surface area contributed by atoms with Crippen molar-refractivity contribution in [3.63, 3.8) is 0 Å². The minimum atomic E-state index is 0.833. The van der Waals surface area contributed by atoms with Crippen molar-refractivity contribution in [3.8, 4) is 0 Å². The zero-order valence-corrected chi connectivity index (χ0v) is 6.43. The van der Waals surface area contributed by atoms with Crippen LogP contribution in [-0.4, -0.2) is 31.1 Å². The van der Waals surface area contributed by atoms with Crippen molar-refractivity contribution >= 4 is 0 Å². The number of fused-ring (bicyclic) bond motifs is 1. The van der Waals surface area contributed by atoms with Crippen LogP contribution in [0.3, 0.4) is 0 Å². The zero-order valence-electron chi connectivity index (χ0n) is 6.43. The Hall–Kier alpha value is -0.500. The van der Waals surface area contributed by atoms with Gasteiger partial charge < -0.3 is 5.32 Å². The van der Waals surface area contributed by atoms with E-state index in [0.29, 0.717) is 0 Å². The van der Waals surface area contributed by atoms with E-state index < -0.39 is 0 Å². The Morgan fingerprint density at radius 3 is 3.40 bits per heavy atom. The number of rotatable bonds is 1. The van der Waals surface area contributed by atoms with Crippen LogP contribution in [0.2, 0.25) is 0 Å². The van der Waals surface area contributed by atoms with Crippen molar-refractivity contribution in [2.45, 2.75) is 6.92 Å². The number of hydrogen-bond donors (Lipinski definition) is 1. The smallest absolute Gasteiger partial charge is 0.0220 e. The van der Waals surface area contributed by atoms with Crippen molar-refractivity contribution < 1.29 is 0 Å². The Bertz CT molecular complexity index is 163. The molecule has 56 valence electrons. The van der Waals surface area contributed by atoms with Crippen LogP contribution in [0, 0.1) is 5.92 Å². The molecule has 0 amide bonds. The third kappa shape index (κ3) is 0.833. The lowest BCUT2D eigenvalue weighted by Gasteiger charge is -2.11. The number of likely N-dealkylation sites (N-methyl/N-ethyl adjacent to an activating group) is 1. The highest BCUT2D eigenvalue weighted by Gasteiger charge is 2.28. The molecule has 0 aromatic rings. The second kappa shape index (κ2) is 2.27. The van der Waals surface area contributed by atoms with Crippen LogP contribution in [0.4, 0.5) is 0 Å². The molecular formula is C8H14N2. The van der Waals surface area contributed by atoms with E-state index in [1.165, 1.54) is 26.2 Å². The minimum absolute atomic E-state index is 0.833. The first kappa shape index (κ1) is 6.23. The van der Waals surface area contributed by atoms with E-state index in [9.17, 15) is 0 Å². The van der Waals surface area contributed by atoms with Crippen molar-refractivity contribution in [3.05, 3.63) is 11.8 Å². The van der Waals surface area contributed by atoms with Crippen molar-refractivity contribution in [1.82, 2.24) is 10.2 Å². The van der Waals surface area contributed by atoms with E-state index in [0.717, 1.165) is 5.92 Å². The molecule has 0 aliphatic carbocycles. The van der Waals surface area contributed by atoms with Crippen LogP contribution in [0.15, 0.2) is 11.8 Å². The largest absolute Gasteiger partial charge is 0.390 e. The minimum Gasteiger partial charge on any atom is -0.390 e. The molecule has 1 N–H and O–H groups in total. The van der Waals surface area contributed by atoms with Gasteiger partial charge in [-0.2, -0.15) is 0 Å². The summed E-state index contributed by atoms with van der Waals surface area (Å²) in [6, 6.07) is 0. The van der Waals surface area contributed by atoms with Gasteiger partial charge in [-0.15, -0.1) is 0 Å². The molecule has 0 spiro atoms. The van der Waals surface area contributed by atoms with Gasteiger partial charge in [0.2, 0.25) is 0 Å². The molecule has 2 nitrogen and oxygen atoms in total. The first-order valence-electron chi connectivity index (χ1n) is 4.05. The van der Waals surface area contributed by atoms with Crippen molar-refractivity contribution in [2.24, 2.45) is 5.92 Å². The maximum Gasteiger partial charge on any atom is 0.0220 e. The maximum atomic E-state index is 3.28. The molecule has 1 saturated heterocycles. The Morgan fingerprint density at radius 1 is 1.80 bits per heavy atom. The molecule has 0 saturated carbocycles. The first-order valence-corrected chi connectivity index (χ1v) is 4.05. The van der Waals surface area contributed by atoms with Crippen LogP contribution in [-0.2, 0) is 0 Å². The molecular weight excluding hydrogens is 124 g/mol. The standard InChI is InChI=1S/C8H14N2/c1-2-10-5-7-3-9-4-8(7)6-10/h3,8-9H,2,4-6H2,1H3. The molecule has 1 fully saturated rings. The topological polar surface area (TPSA) is 15.3 Å². The highest BCUT2D eigenvalue weighted by atomic mass is 15.2. The van der Waals surface area contributed by atoms with Gasteiger partial charge in [0, 0.05) is 25.6 Å². The van der Waals surface area contributed by atoms with Crippen LogP contribution in [0.5, 0.6) is 0 Å². The molecule has 0 radical (unpaired) electrons. The lowest BCUT2D eigenvalue weighted by atomic mass is 10.1. The summed E-state index contributed by atoms with van der Waals surface area (Å²) in [7, 11) is 0. The normalized spacial score (nSPS) is 31.7. The summed E-state index contributed by atoms with van der Waals surface area (Å²) in [5.74, 6) is 0.833. The van der Waals surface area contributed by atoms with Gasteiger partial charge >= 0.3 is 0 Å². The van der Waals surface area contributed by atoms with Gasteiger partial charge in [0.05, 0.1) is 0 Å². The predicted molar refractivity (Wildman–Crippen MR) is 41.7 cm³/mol. The van der Waals surface area contributed by atoms with Gasteiger partial charge in [0.1, 0.15) is 0 Å². The molecule has 2 heterocycles. The summed E-state index contributed by atoms with van der Waals surface area (Å²) in [4.78, 5) is 2.50. The summed E-state index contributed by atoms with van der Waals surface area (Å²) >= 11 is 0. The van der Waals surface area contributed by atoms with Crippen molar-refractivity contribution in [2.75, 3.05) is 26.2 Å². The number of nitrogens with zero attached hydrogens (tertiary/aromatic N) is 1. The molecule has 2 aliphatic rings. The first-order chi connectivity index (χ1) is 4.90. The van der Waals surface area contributed by atoms with Crippen molar-refractivity contribution in [1.29, 1.82) is 0 Å². The van der Waals surface area contributed by atoms with Gasteiger partial charge in [-0.25, -0.2) is 0 Å². The fourth-order valence-corrected chi connectivity index (χ4v) is 1.81. The Labute approximate surface area is 61.9 Å². The van der Waals surface area contributed by atoms with Gasteiger partial charge in [0.15, 0.2) is 0 Å². The Balaban J connectivity index is 2.05. The van der Waals surface area contributed by atoms with Gasteiger partial charge in [-0.05, 0) is 18.3 Å². The molecule has 0 bridgehead atoms. The monoisotopic (exact) mass is 138 g/mol. The van der Waals surface area contributed by atoms with E-state index in [1.54, 1.807) is 5.57 Å². The molecule has 1 atom stereocenters. The summed E-state index contributed by atoms with van der Waals surface area (Å²) in [5, 5.41) is 3.28. The second-order valence-electron chi connectivity index (χ2n) is 3.15. The summed E-state index contributed by atoms with van der Waals surface area (Å²) in [5.41, 5.74) is 1.61. The summed E-state index contributed by atoms with van der Waals surface area (Å²) in [6.07, 6.45) is 2.19. The number of hydrogen-bond acceptors (Lipinski definition) is 2. The lowest BCUT2D eigenvalue weighted by molar-refractivity contribution is 0.341. The van der Waals surface area contributed by atoms with E-state index in [4.69, 9.17) is 0 Å². The summed E-state index contributed by atoms with van der Waals surface area (Å²) in [6.45, 7) is 7.08. The summed E-state index contributed by atoms with van der Waals surface area (Å²) < 4.78 is 0. The second-order valence-corrected chi connectivity index (χ2v) is 3.15. The number of nitrogens with one attached hydrogen (secondary N) is 1. The molecule has 2 aliphatic heterocycles. The molecule has 1 unspecified atom stereocenters. The molecule has 0 aromatic heterocycles. The molecule has 0 aromatic carbocycles. The average Bonchev–Trinajstić information content (AvgIpc) is 2.42. The van der Waals surface area contributed by atoms with E-state index in [2.05, 4.69) is 23.3 Å². The SMILES string of the molecule is CCN1CC2=CNCC2C1. The molecule has 2 heteroatoms. The fraction of sp³-hybridized carbons (Fsp3) is 0.750. The molecule has 10 heavy (non-hydrogen) atoms. The Kier molecular flexibility index (Phi) is 1.42. The number of likely N-dealkylation sites (tertiary alicyclic amines) is 1. The highest BCUT2D eigenvalue weighted by molar-refractivity contribution is 5.18. The maximum absolute atomic E-state index is 3.28. The van der Waals surface area contributed by atoms with Crippen LogP contribution in [0.1, 0.15) is 6.92 Å². The van der Waals surface area contributed by atoms with E-state index >= 15 is 0 Å². The van der Waals surface area contributed by atoms with Crippen LogP contribution >= 0.6 is 0 Å². The van der Waals surface area contributed by atoms with Crippen LogP contribution < -0.4 is 5.32 Å². The van der Waals surface area contributed by atoms with Gasteiger partial charge in [0.25, 0.3) is 0 Å². The fourth-order valence-electron chi connectivity index (χ4n) is 1.81.